The van der Waals surface area contributed by atoms with Crippen molar-refractivity contribution in [3.05, 3.63) is 0 Å². The molecule has 0 saturated heterocycles. The normalized spacial score (nSPS) is 26.8. The van der Waals surface area contributed by atoms with Crippen LogP contribution in [0, 0.1) is 0 Å². The van der Waals surface area contributed by atoms with Gasteiger partial charge in [-0.05, 0) is 45.1 Å². The minimum Gasteiger partial charge on any atom is -0.393 e. The van der Waals surface area contributed by atoms with E-state index in [0.717, 1.165) is 58.3 Å². The van der Waals surface area contributed by atoms with Crippen LogP contribution in [0.3, 0.4) is 0 Å². The van der Waals surface area contributed by atoms with Crippen LogP contribution < -0.4 is 5.32 Å². The molecule has 90 valence electrons. The van der Waals surface area contributed by atoms with Crippen molar-refractivity contribution < 1.29 is 9.84 Å². The molecule has 0 bridgehead atoms. The first kappa shape index (κ1) is 12.9. The molecule has 1 rings (SSSR count). The zero-order chi connectivity index (χ0) is 10.9. The Morgan fingerprint density at radius 2 is 1.93 bits per heavy atom. The Hall–Kier alpha value is -0.120. The van der Waals surface area contributed by atoms with E-state index in [1.807, 2.05) is 0 Å². The van der Waals surface area contributed by atoms with Gasteiger partial charge in [0, 0.05) is 19.3 Å². The molecule has 0 amide bonds. The smallest absolute Gasteiger partial charge is 0.0541 e. The van der Waals surface area contributed by atoms with Gasteiger partial charge in [0.05, 0.1) is 6.10 Å². The Morgan fingerprint density at radius 3 is 2.60 bits per heavy atom. The number of hydrogen-bond acceptors (Lipinski definition) is 3. The highest BCUT2D eigenvalue weighted by molar-refractivity contribution is 4.76. The van der Waals surface area contributed by atoms with Crippen LogP contribution in [0.25, 0.3) is 0 Å². The second-order valence-electron chi connectivity index (χ2n) is 4.43. The molecule has 1 aliphatic rings. The van der Waals surface area contributed by atoms with E-state index in [1.54, 1.807) is 0 Å². The lowest BCUT2D eigenvalue weighted by Crippen LogP contribution is -2.35. The van der Waals surface area contributed by atoms with Crippen LogP contribution in [0.15, 0.2) is 0 Å². The van der Waals surface area contributed by atoms with Gasteiger partial charge in [0.25, 0.3) is 0 Å². The second kappa shape index (κ2) is 8.08. The molecule has 1 aliphatic carbocycles. The molecule has 0 unspecified atom stereocenters. The molecular formula is C12H25NO2. The van der Waals surface area contributed by atoms with Crippen molar-refractivity contribution in [3.63, 3.8) is 0 Å². The van der Waals surface area contributed by atoms with Crippen molar-refractivity contribution in [2.24, 2.45) is 0 Å². The predicted molar refractivity (Wildman–Crippen MR) is 62.0 cm³/mol. The molecule has 0 spiro atoms. The van der Waals surface area contributed by atoms with E-state index in [0.29, 0.717) is 6.04 Å². The lowest BCUT2D eigenvalue weighted by Gasteiger charge is -2.26. The van der Waals surface area contributed by atoms with Gasteiger partial charge in [-0.15, -0.1) is 0 Å². The summed E-state index contributed by atoms with van der Waals surface area (Å²) in [6.45, 7) is 4.93. The highest BCUT2D eigenvalue weighted by atomic mass is 16.5. The first-order chi connectivity index (χ1) is 7.33. The molecule has 3 nitrogen and oxygen atoms in total. The maximum absolute atomic E-state index is 9.35. The maximum Gasteiger partial charge on any atom is 0.0541 e. The maximum atomic E-state index is 9.35. The fourth-order valence-corrected chi connectivity index (χ4v) is 2.01. The predicted octanol–water partition coefficient (Wildman–Crippen LogP) is 1.70. The Morgan fingerprint density at radius 1 is 1.20 bits per heavy atom. The van der Waals surface area contributed by atoms with E-state index in [-0.39, 0.29) is 6.10 Å². The number of hydrogen-bond donors (Lipinski definition) is 2. The molecule has 0 atom stereocenters. The largest absolute Gasteiger partial charge is 0.393 e. The van der Waals surface area contributed by atoms with Crippen molar-refractivity contribution >= 4 is 0 Å². The summed E-state index contributed by atoms with van der Waals surface area (Å²) in [5.41, 5.74) is 0. The van der Waals surface area contributed by atoms with Crippen LogP contribution in [0.1, 0.15) is 45.4 Å². The van der Waals surface area contributed by atoms with Gasteiger partial charge in [0.1, 0.15) is 0 Å². The zero-order valence-corrected chi connectivity index (χ0v) is 9.87. The summed E-state index contributed by atoms with van der Waals surface area (Å²) in [6.07, 6.45) is 6.32. The summed E-state index contributed by atoms with van der Waals surface area (Å²) < 4.78 is 5.41. The molecule has 2 N–H and O–H groups in total. The van der Waals surface area contributed by atoms with Gasteiger partial charge in [0.2, 0.25) is 0 Å². The third kappa shape index (κ3) is 6.13. The quantitative estimate of drug-likeness (QED) is 0.635. The summed E-state index contributed by atoms with van der Waals surface area (Å²) in [5.74, 6) is 0. The second-order valence-corrected chi connectivity index (χ2v) is 4.43. The van der Waals surface area contributed by atoms with Crippen LogP contribution in [0.5, 0.6) is 0 Å². The molecule has 1 fully saturated rings. The first-order valence-corrected chi connectivity index (χ1v) is 6.32. The van der Waals surface area contributed by atoms with Gasteiger partial charge in [-0.2, -0.15) is 0 Å². The third-order valence-electron chi connectivity index (χ3n) is 2.94. The van der Waals surface area contributed by atoms with Crippen LogP contribution in [0.2, 0.25) is 0 Å². The molecule has 0 aromatic carbocycles. The van der Waals surface area contributed by atoms with Gasteiger partial charge < -0.3 is 15.2 Å². The fraction of sp³-hybridized carbons (Fsp3) is 1.00. The Kier molecular flexibility index (Phi) is 6.98. The summed E-state index contributed by atoms with van der Waals surface area (Å²) >= 11 is 0. The lowest BCUT2D eigenvalue weighted by atomic mass is 9.93. The van der Waals surface area contributed by atoms with Gasteiger partial charge in [0.15, 0.2) is 0 Å². The highest BCUT2D eigenvalue weighted by Gasteiger charge is 2.18. The van der Waals surface area contributed by atoms with E-state index >= 15 is 0 Å². The highest BCUT2D eigenvalue weighted by Crippen LogP contribution is 2.17. The molecule has 3 heteroatoms. The van der Waals surface area contributed by atoms with Crippen molar-refractivity contribution in [1.82, 2.24) is 5.32 Å². The van der Waals surface area contributed by atoms with Gasteiger partial charge >= 0.3 is 0 Å². The van der Waals surface area contributed by atoms with Crippen LogP contribution in [-0.4, -0.2) is 37.0 Å². The molecule has 0 heterocycles. The number of aliphatic hydroxyl groups excluding tert-OH is 1. The molecule has 0 aliphatic heterocycles. The Balaban J connectivity index is 1.87. The molecule has 0 radical (unpaired) electrons. The fourth-order valence-electron chi connectivity index (χ4n) is 2.01. The SMILES string of the molecule is CCCOCCCNC1CCC(O)CC1. The van der Waals surface area contributed by atoms with E-state index in [1.165, 1.54) is 0 Å². The van der Waals surface area contributed by atoms with Gasteiger partial charge in [-0.1, -0.05) is 6.92 Å². The molecule has 1 saturated carbocycles. The molecule has 0 aromatic rings. The van der Waals surface area contributed by atoms with Crippen molar-refractivity contribution in [2.75, 3.05) is 19.8 Å². The minimum absolute atomic E-state index is 0.0454. The van der Waals surface area contributed by atoms with E-state index in [4.69, 9.17) is 4.74 Å². The zero-order valence-electron chi connectivity index (χ0n) is 9.87. The minimum atomic E-state index is -0.0454. The Bertz CT molecular complexity index is 145. The van der Waals surface area contributed by atoms with Crippen molar-refractivity contribution in [2.45, 2.75) is 57.6 Å². The Labute approximate surface area is 93.2 Å². The van der Waals surface area contributed by atoms with Gasteiger partial charge in [-0.3, -0.25) is 0 Å². The number of nitrogens with one attached hydrogen (secondary N) is 1. The van der Waals surface area contributed by atoms with Crippen LogP contribution in [0.4, 0.5) is 0 Å². The number of rotatable bonds is 7. The summed E-state index contributed by atoms with van der Waals surface area (Å²) in [5, 5.41) is 12.9. The summed E-state index contributed by atoms with van der Waals surface area (Å²) in [4.78, 5) is 0. The van der Waals surface area contributed by atoms with Crippen molar-refractivity contribution in [3.8, 4) is 0 Å². The topological polar surface area (TPSA) is 41.5 Å². The lowest BCUT2D eigenvalue weighted by molar-refractivity contribution is 0.112. The standard InChI is InChI=1S/C12H25NO2/c1-2-9-15-10-3-8-13-11-4-6-12(14)7-5-11/h11-14H,2-10H2,1H3. The monoisotopic (exact) mass is 215 g/mol. The average Bonchev–Trinajstić information content (AvgIpc) is 2.26. The number of aliphatic hydroxyl groups is 1. The summed E-state index contributed by atoms with van der Waals surface area (Å²) in [6, 6.07) is 0.625. The number of ether oxygens (including phenoxy) is 1. The molecular weight excluding hydrogens is 190 g/mol. The van der Waals surface area contributed by atoms with Crippen LogP contribution >= 0.6 is 0 Å². The van der Waals surface area contributed by atoms with E-state index in [2.05, 4.69) is 12.2 Å². The first-order valence-electron chi connectivity index (χ1n) is 6.32. The summed E-state index contributed by atoms with van der Waals surface area (Å²) in [7, 11) is 0. The molecule has 0 aromatic heterocycles. The van der Waals surface area contributed by atoms with Crippen LogP contribution in [-0.2, 0) is 4.74 Å². The van der Waals surface area contributed by atoms with E-state index in [9.17, 15) is 5.11 Å². The average molecular weight is 215 g/mol. The third-order valence-corrected chi connectivity index (χ3v) is 2.94. The molecule has 15 heavy (non-hydrogen) atoms. The van der Waals surface area contributed by atoms with Crippen molar-refractivity contribution in [1.29, 1.82) is 0 Å². The van der Waals surface area contributed by atoms with Gasteiger partial charge in [-0.25, -0.2) is 0 Å². The van der Waals surface area contributed by atoms with E-state index < -0.39 is 0 Å².